The van der Waals surface area contributed by atoms with E-state index in [0.29, 0.717) is 0 Å². The molecule has 3 rings (SSSR count). The Morgan fingerprint density at radius 2 is 1.83 bits per heavy atom. The van der Waals surface area contributed by atoms with E-state index in [1.54, 1.807) is 0 Å². The molecule has 2 aromatic carbocycles. The summed E-state index contributed by atoms with van der Waals surface area (Å²) >= 11 is 8.93. The summed E-state index contributed by atoms with van der Waals surface area (Å²) in [6, 6.07) is 12.5. The molecule has 3 aromatic rings. The van der Waals surface area contributed by atoms with Crippen molar-refractivity contribution in [2.24, 2.45) is 0 Å². The van der Waals surface area contributed by atoms with E-state index in [4.69, 9.17) is 12.2 Å². The first-order valence-electron chi connectivity index (χ1n) is 5.63. The Bertz CT molecular complexity index is 786. The van der Waals surface area contributed by atoms with Crippen LogP contribution >= 0.6 is 28.1 Å². The van der Waals surface area contributed by atoms with Crippen molar-refractivity contribution in [3.63, 3.8) is 0 Å². The zero-order valence-corrected chi connectivity index (χ0v) is 12.2. The van der Waals surface area contributed by atoms with Gasteiger partial charge in [0.05, 0.1) is 5.69 Å². The highest BCUT2D eigenvalue weighted by Crippen LogP contribution is 2.29. The fourth-order valence-corrected chi connectivity index (χ4v) is 2.98. The molecule has 1 heterocycles. The first-order valence-corrected chi connectivity index (χ1v) is 6.83. The van der Waals surface area contributed by atoms with Crippen molar-refractivity contribution in [1.82, 2.24) is 9.55 Å². The molecule has 0 fully saturated rings. The van der Waals surface area contributed by atoms with Crippen molar-refractivity contribution in [2.75, 3.05) is 0 Å². The molecule has 0 aliphatic heterocycles. The molecule has 0 radical (unpaired) electrons. The van der Waals surface area contributed by atoms with Crippen molar-refractivity contribution >= 4 is 38.9 Å². The molecule has 2 nitrogen and oxygen atoms in total. The number of rotatable bonds is 1. The third-order valence-electron chi connectivity index (χ3n) is 3.05. The van der Waals surface area contributed by atoms with Crippen molar-refractivity contribution in [1.29, 1.82) is 0 Å². The summed E-state index contributed by atoms with van der Waals surface area (Å²) < 4.78 is 3.88. The van der Waals surface area contributed by atoms with Gasteiger partial charge in [0.25, 0.3) is 0 Å². The molecule has 18 heavy (non-hydrogen) atoms. The predicted octanol–water partition coefficient (Wildman–Crippen LogP) is 4.76. The monoisotopic (exact) mass is 318 g/mol. The lowest BCUT2D eigenvalue weighted by Gasteiger charge is -2.10. The smallest absolute Gasteiger partial charge is 0.182 e. The molecule has 0 aliphatic rings. The summed E-state index contributed by atoms with van der Waals surface area (Å²) in [5, 5.41) is 2.38. The molecule has 0 spiro atoms. The van der Waals surface area contributed by atoms with Crippen molar-refractivity contribution in [3.05, 3.63) is 57.5 Å². The van der Waals surface area contributed by atoms with Crippen molar-refractivity contribution in [2.45, 2.75) is 6.92 Å². The molecular weight excluding hydrogens is 308 g/mol. The molecule has 1 aromatic heterocycles. The van der Waals surface area contributed by atoms with Crippen LogP contribution in [0.3, 0.4) is 0 Å². The summed E-state index contributed by atoms with van der Waals surface area (Å²) in [6.07, 6.45) is 1.93. The second kappa shape index (κ2) is 4.37. The normalized spacial score (nSPS) is 11.0. The Kier molecular flexibility index (Phi) is 2.84. The lowest BCUT2D eigenvalue weighted by atomic mass is 10.1. The molecule has 1 N–H and O–H groups in total. The maximum atomic E-state index is 5.35. The van der Waals surface area contributed by atoms with Crippen LogP contribution in [0.2, 0.25) is 0 Å². The quantitative estimate of drug-likeness (QED) is 0.641. The van der Waals surface area contributed by atoms with E-state index in [9.17, 15) is 0 Å². The van der Waals surface area contributed by atoms with Gasteiger partial charge >= 0.3 is 0 Å². The van der Waals surface area contributed by atoms with Crippen molar-refractivity contribution in [3.8, 4) is 5.69 Å². The average molecular weight is 319 g/mol. The van der Waals surface area contributed by atoms with Crippen LogP contribution in [0.25, 0.3) is 16.5 Å². The van der Waals surface area contributed by atoms with Crippen LogP contribution < -0.4 is 0 Å². The van der Waals surface area contributed by atoms with Crippen LogP contribution in [0.15, 0.2) is 47.1 Å². The Morgan fingerprint density at radius 1 is 1.11 bits per heavy atom. The number of nitrogens with one attached hydrogen (secondary N) is 1. The van der Waals surface area contributed by atoms with E-state index in [0.717, 1.165) is 20.6 Å². The van der Waals surface area contributed by atoms with Crippen LogP contribution in [0, 0.1) is 11.7 Å². The number of aromatic nitrogens is 2. The molecule has 0 saturated heterocycles. The van der Waals surface area contributed by atoms with Gasteiger partial charge in [0, 0.05) is 21.7 Å². The highest BCUT2D eigenvalue weighted by Gasteiger charge is 2.08. The lowest BCUT2D eigenvalue weighted by Crippen LogP contribution is -1.97. The standard InChI is InChI=1S/C14H11BrN2S/c1-9-8-16-14(18)17(9)13-7-6-12(15)10-4-2-3-5-11(10)13/h2-8H,1H3,(H,16,18). The average Bonchev–Trinajstić information content (AvgIpc) is 2.71. The number of nitrogens with zero attached hydrogens (tertiary/aromatic N) is 1. The van der Waals surface area contributed by atoms with E-state index >= 15 is 0 Å². The van der Waals surface area contributed by atoms with E-state index in [2.05, 4.69) is 49.7 Å². The van der Waals surface area contributed by atoms with E-state index in [1.165, 1.54) is 10.8 Å². The van der Waals surface area contributed by atoms with Crippen LogP contribution in [-0.2, 0) is 0 Å². The molecule has 0 unspecified atom stereocenters. The highest BCUT2D eigenvalue weighted by atomic mass is 79.9. The molecule has 0 atom stereocenters. The molecule has 0 bridgehead atoms. The van der Waals surface area contributed by atoms with Crippen molar-refractivity contribution < 1.29 is 0 Å². The van der Waals surface area contributed by atoms with Crippen LogP contribution in [-0.4, -0.2) is 9.55 Å². The summed E-state index contributed by atoms with van der Waals surface area (Å²) in [5.41, 5.74) is 2.21. The zero-order valence-electron chi connectivity index (χ0n) is 9.77. The van der Waals surface area contributed by atoms with Gasteiger partial charge in [-0.2, -0.15) is 0 Å². The van der Waals surface area contributed by atoms with Gasteiger partial charge in [0.15, 0.2) is 4.77 Å². The minimum atomic E-state index is 0.722. The summed E-state index contributed by atoms with van der Waals surface area (Å²) in [5.74, 6) is 0. The first-order chi connectivity index (χ1) is 8.68. The van der Waals surface area contributed by atoms with E-state index in [1.807, 2.05) is 25.3 Å². The van der Waals surface area contributed by atoms with Gasteiger partial charge in [-0.15, -0.1) is 0 Å². The maximum absolute atomic E-state index is 5.35. The Morgan fingerprint density at radius 3 is 2.50 bits per heavy atom. The number of H-pyrrole nitrogens is 1. The fourth-order valence-electron chi connectivity index (χ4n) is 2.20. The minimum Gasteiger partial charge on any atom is -0.337 e. The Labute approximate surface area is 118 Å². The zero-order chi connectivity index (χ0) is 12.7. The lowest BCUT2D eigenvalue weighted by molar-refractivity contribution is 0.994. The number of halogens is 1. The number of imidazole rings is 1. The van der Waals surface area contributed by atoms with Crippen LogP contribution in [0.5, 0.6) is 0 Å². The van der Waals surface area contributed by atoms with Crippen LogP contribution in [0.1, 0.15) is 5.69 Å². The Hall–Kier alpha value is -1.39. The summed E-state index contributed by atoms with van der Waals surface area (Å²) in [6.45, 7) is 2.04. The summed E-state index contributed by atoms with van der Waals surface area (Å²) in [4.78, 5) is 3.08. The van der Waals surface area contributed by atoms with E-state index < -0.39 is 0 Å². The number of fused-ring (bicyclic) bond motifs is 1. The highest BCUT2D eigenvalue weighted by molar-refractivity contribution is 9.10. The third kappa shape index (κ3) is 1.72. The van der Waals surface area contributed by atoms with Crippen LogP contribution in [0.4, 0.5) is 0 Å². The maximum Gasteiger partial charge on any atom is 0.182 e. The van der Waals surface area contributed by atoms with Gasteiger partial charge in [-0.05, 0) is 36.7 Å². The first kappa shape index (κ1) is 11.7. The van der Waals surface area contributed by atoms with Gasteiger partial charge in [0.2, 0.25) is 0 Å². The molecule has 0 aliphatic carbocycles. The second-order valence-electron chi connectivity index (χ2n) is 4.18. The summed E-state index contributed by atoms with van der Waals surface area (Å²) in [7, 11) is 0. The predicted molar refractivity (Wildman–Crippen MR) is 80.9 cm³/mol. The number of hydrogen-bond acceptors (Lipinski definition) is 1. The molecule has 90 valence electrons. The largest absolute Gasteiger partial charge is 0.337 e. The van der Waals surface area contributed by atoms with Gasteiger partial charge < -0.3 is 4.98 Å². The number of aryl methyl sites for hydroxylation is 1. The van der Waals surface area contributed by atoms with Gasteiger partial charge in [-0.25, -0.2) is 0 Å². The molecule has 0 amide bonds. The van der Waals surface area contributed by atoms with Gasteiger partial charge in [-0.1, -0.05) is 40.2 Å². The fraction of sp³-hybridized carbons (Fsp3) is 0.0714. The van der Waals surface area contributed by atoms with Gasteiger partial charge in [0.1, 0.15) is 0 Å². The molecule has 0 saturated carbocycles. The second-order valence-corrected chi connectivity index (χ2v) is 5.42. The number of hydrogen-bond donors (Lipinski definition) is 1. The number of aromatic amines is 1. The SMILES string of the molecule is Cc1c[nH]c(=S)n1-c1ccc(Br)c2ccccc12. The third-order valence-corrected chi connectivity index (χ3v) is 4.04. The van der Waals surface area contributed by atoms with Gasteiger partial charge in [-0.3, -0.25) is 4.57 Å². The molecule has 4 heteroatoms. The van der Waals surface area contributed by atoms with E-state index in [-0.39, 0.29) is 0 Å². The molecular formula is C14H11BrN2S. The number of benzene rings is 2. The Balaban J connectivity index is 2.45. The minimum absolute atomic E-state index is 0.722. The topological polar surface area (TPSA) is 20.7 Å².